The molecule has 3 aromatic rings. The topological polar surface area (TPSA) is 54.9 Å². The van der Waals surface area contributed by atoms with Crippen LogP contribution in [-0.2, 0) is 15.6 Å². The van der Waals surface area contributed by atoms with Crippen molar-refractivity contribution in [3.05, 3.63) is 66.0 Å². The smallest absolute Gasteiger partial charge is 0.237 e. The average Bonchev–Trinajstić information content (AvgIpc) is 2.97. The molecule has 4 nitrogen and oxygen atoms in total. The van der Waals surface area contributed by atoms with Gasteiger partial charge in [-0.15, -0.1) is 0 Å². The van der Waals surface area contributed by atoms with Gasteiger partial charge in [0.1, 0.15) is 0 Å². The lowest BCUT2D eigenvalue weighted by Crippen LogP contribution is -2.48. The molecule has 2 atom stereocenters. The van der Waals surface area contributed by atoms with Crippen LogP contribution in [0, 0.1) is 5.41 Å². The summed E-state index contributed by atoms with van der Waals surface area (Å²) in [5.41, 5.74) is 3.36. The van der Waals surface area contributed by atoms with Crippen LogP contribution in [-0.4, -0.2) is 15.9 Å². The van der Waals surface area contributed by atoms with Crippen LogP contribution in [0.15, 0.2) is 54.6 Å². The molecule has 2 aromatic carbocycles. The van der Waals surface area contributed by atoms with E-state index in [1.807, 2.05) is 54.6 Å². The van der Waals surface area contributed by atoms with Crippen LogP contribution in [0.5, 0.6) is 0 Å². The zero-order valence-electron chi connectivity index (χ0n) is 15.9. The molecular weight excluding hydrogens is 334 g/mol. The molecule has 2 aliphatic carbocycles. The summed E-state index contributed by atoms with van der Waals surface area (Å²) in [5, 5.41) is 3.16. The fourth-order valence-electron chi connectivity index (χ4n) is 5.31. The van der Waals surface area contributed by atoms with E-state index < -0.39 is 5.41 Å². The number of aromatic nitrogens is 2. The molecule has 0 saturated heterocycles. The van der Waals surface area contributed by atoms with Crippen molar-refractivity contribution in [1.29, 1.82) is 0 Å². The standard InChI is InChI=1S/C23H23N3O/c1-21(2)22(3)13-14-23(21,20(27)24-15-9-5-4-6-10-15)19-18(22)25-16-11-7-8-12-17(16)26-19/h4-12H,13-14H2,1-3H3,(H,24,27)/t22-,23-/m1/s1. The van der Waals surface area contributed by atoms with Gasteiger partial charge in [0.05, 0.1) is 27.8 Å². The van der Waals surface area contributed by atoms with Crippen molar-refractivity contribution in [2.45, 2.75) is 44.4 Å². The molecule has 0 aliphatic heterocycles. The second-order valence-electron chi connectivity index (χ2n) is 8.59. The molecular formula is C23H23N3O. The molecule has 2 aliphatic rings. The Morgan fingerprint density at radius 2 is 1.44 bits per heavy atom. The van der Waals surface area contributed by atoms with E-state index in [1.165, 1.54) is 0 Å². The molecule has 136 valence electrons. The van der Waals surface area contributed by atoms with Gasteiger partial charge in [0.15, 0.2) is 0 Å². The number of rotatable bonds is 2. The van der Waals surface area contributed by atoms with Crippen LogP contribution >= 0.6 is 0 Å². The lowest BCUT2D eigenvalue weighted by Gasteiger charge is -2.39. The van der Waals surface area contributed by atoms with E-state index in [2.05, 4.69) is 26.1 Å². The zero-order valence-corrected chi connectivity index (χ0v) is 15.9. The summed E-state index contributed by atoms with van der Waals surface area (Å²) in [5.74, 6) is 0.0331. The number of nitrogens with zero attached hydrogens (tertiary/aromatic N) is 2. The summed E-state index contributed by atoms with van der Waals surface area (Å²) in [6.07, 6.45) is 1.75. The van der Waals surface area contributed by atoms with Crippen LogP contribution in [0.4, 0.5) is 5.69 Å². The van der Waals surface area contributed by atoms with Gasteiger partial charge in [0, 0.05) is 11.1 Å². The van der Waals surface area contributed by atoms with Crippen molar-refractivity contribution in [3.8, 4) is 0 Å². The van der Waals surface area contributed by atoms with Gasteiger partial charge < -0.3 is 5.32 Å². The molecule has 1 N–H and O–H groups in total. The van der Waals surface area contributed by atoms with E-state index >= 15 is 0 Å². The first kappa shape index (κ1) is 16.4. The van der Waals surface area contributed by atoms with Crippen LogP contribution in [0.25, 0.3) is 11.0 Å². The molecule has 1 aromatic heterocycles. The van der Waals surface area contributed by atoms with E-state index in [0.717, 1.165) is 41.0 Å². The number of para-hydroxylation sites is 3. The second kappa shape index (κ2) is 5.16. The van der Waals surface area contributed by atoms with Gasteiger partial charge in [-0.2, -0.15) is 0 Å². The Bertz CT molecular complexity index is 1080. The first-order valence-corrected chi connectivity index (χ1v) is 9.54. The summed E-state index contributed by atoms with van der Waals surface area (Å²) in [4.78, 5) is 23.7. The second-order valence-corrected chi connectivity index (χ2v) is 8.59. The van der Waals surface area contributed by atoms with Gasteiger partial charge >= 0.3 is 0 Å². The maximum Gasteiger partial charge on any atom is 0.237 e. The van der Waals surface area contributed by atoms with Gasteiger partial charge in [-0.25, -0.2) is 9.97 Å². The summed E-state index contributed by atoms with van der Waals surface area (Å²) in [7, 11) is 0. The van der Waals surface area contributed by atoms with Gasteiger partial charge in [0.2, 0.25) is 5.91 Å². The highest BCUT2D eigenvalue weighted by Gasteiger charge is 2.73. The van der Waals surface area contributed by atoms with Gasteiger partial charge in [-0.3, -0.25) is 4.79 Å². The summed E-state index contributed by atoms with van der Waals surface area (Å²) < 4.78 is 0. The molecule has 2 bridgehead atoms. The number of nitrogens with one attached hydrogen (secondary N) is 1. The molecule has 1 fully saturated rings. The lowest BCUT2D eigenvalue weighted by molar-refractivity contribution is -0.125. The normalized spacial score (nSPS) is 27.5. The first-order valence-electron chi connectivity index (χ1n) is 9.54. The lowest BCUT2D eigenvalue weighted by atomic mass is 9.63. The minimum atomic E-state index is -0.663. The van der Waals surface area contributed by atoms with Crippen molar-refractivity contribution >= 4 is 22.6 Å². The van der Waals surface area contributed by atoms with E-state index in [-0.39, 0.29) is 16.7 Å². The zero-order chi connectivity index (χ0) is 18.9. The van der Waals surface area contributed by atoms with Crippen LogP contribution in [0.1, 0.15) is 45.0 Å². The highest BCUT2D eigenvalue weighted by molar-refractivity contribution is 6.02. The summed E-state index contributed by atoms with van der Waals surface area (Å²) >= 11 is 0. The molecule has 5 rings (SSSR count). The van der Waals surface area contributed by atoms with E-state index in [9.17, 15) is 4.79 Å². The SMILES string of the molecule is CC1(C)[C@]2(C(=O)Nc3ccccc3)CC[C@]1(C)c1nc3ccccc3nc12. The summed E-state index contributed by atoms with van der Waals surface area (Å²) in [6, 6.07) is 17.6. The van der Waals surface area contributed by atoms with Crippen molar-refractivity contribution in [2.24, 2.45) is 5.41 Å². The van der Waals surface area contributed by atoms with Crippen molar-refractivity contribution < 1.29 is 4.79 Å². The number of carbonyl (C=O) groups is 1. The number of hydrogen-bond acceptors (Lipinski definition) is 3. The third kappa shape index (κ3) is 1.85. The molecule has 1 amide bonds. The van der Waals surface area contributed by atoms with E-state index in [1.54, 1.807) is 0 Å². The molecule has 4 heteroatoms. The van der Waals surface area contributed by atoms with Crippen molar-refractivity contribution in [3.63, 3.8) is 0 Å². The van der Waals surface area contributed by atoms with E-state index in [0.29, 0.717) is 0 Å². The van der Waals surface area contributed by atoms with Crippen molar-refractivity contribution in [1.82, 2.24) is 9.97 Å². The number of fused-ring (bicyclic) bond motifs is 6. The third-order valence-electron chi connectivity index (χ3n) is 7.36. The van der Waals surface area contributed by atoms with Gasteiger partial charge in [0.25, 0.3) is 0 Å². The molecule has 0 spiro atoms. The molecule has 1 saturated carbocycles. The Morgan fingerprint density at radius 1 is 0.852 bits per heavy atom. The minimum absolute atomic E-state index is 0.0331. The minimum Gasteiger partial charge on any atom is -0.325 e. The van der Waals surface area contributed by atoms with Crippen LogP contribution < -0.4 is 5.32 Å². The van der Waals surface area contributed by atoms with Gasteiger partial charge in [-0.05, 0) is 42.5 Å². The third-order valence-corrected chi connectivity index (χ3v) is 7.36. The van der Waals surface area contributed by atoms with Gasteiger partial charge in [-0.1, -0.05) is 51.1 Å². The van der Waals surface area contributed by atoms with Crippen LogP contribution in [0.3, 0.4) is 0 Å². The Balaban J connectivity index is 1.72. The number of benzene rings is 2. The predicted octanol–water partition coefficient (Wildman–Crippen LogP) is 4.60. The first-order chi connectivity index (χ1) is 12.9. The Kier molecular flexibility index (Phi) is 3.14. The number of anilines is 1. The fraction of sp³-hybridized carbons (Fsp3) is 0.348. The highest BCUT2D eigenvalue weighted by atomic mass is 16.2. The van der Waals surface area contributed by atoms with Crippen molar-refractivity contribution in [2.75, 3.05) is 5.32 Å². The molecule has 0 radical (unpaired) electrons. The Hall–Kier alpha value is -2.75. The maximum atomic E-state index is 13.7. The Morgan fingerprint density at radius 3 is 2.11 bits per heavy atom. The summed E-state index contributed by atoms with van der Waals surface area (Å²) in [6.45, 7) is 6.66. The highest BCUT2D eigenvalue weighted by Crippen LogP contribution is 2.70. The average molecular weight is 357 g/mol. The fourth-order valence-corrected chi connectivity index (χ4v) is 5.31. The number of amides is 1. The maximum absolute atomic E-state index is 13.7. The molecule has 1 heterocycles. The van der Waals surface area contributed by atoms with E-state index in [4.69, 9.17) is 9.97 Å². The quantitative estimate of drug-likeness (QED) is 0.729. The monoisotopic (exact) mass is 357 g/mol. The predicted molar refractivity (Wildman–Crippen MR) is 107 cm³/mol. The largest absolute Gasteiger partial charge is 0.325 e. The molecule has 27 heavy (non-hydrogen) atoms. The molecule has 0 unspecified atom stereocenters. The Labute approximate surface area is 159 Å². The van der Waals surface area contributed by atoms with Crippen LogP contribution in [0.2, 0.25) is 0 Å². The number of hydrogen-bond donors (Lipinski definition) is 1. The number of carbonyl (C=O) groups excluding carboxylic acids is 1.